The van der Waals surface area contributed by atoms with Gasteiger partial charge in [-0.2, -0.15) is 0 Å². The number of nitrogens with zero attached hydrogens (tertiary/aromatic N) is 2. The minimum Gasteiger partial charge on any atom is -0.410 e. The molecule has 2 heterocycles. The lowest BCUT2D eigenvalue weighted by molar-refractivity contribution is -0.134. The SMILES string of the molecule is CN(C(=O)Oc1ccc(F)cc1)C1CN(C(=O)C2CCNC2)CC1c1ccc(Cl)cc1. The van der Waals surface area contributed by atoms with Gasteiger partial charge in [-0.1, -0.05) is 23.7 Å². The second-order valence-corrected chi connectivity index (χ2v) is 8.53. The van der Waals surface area contributed by atoms with Gasteiger partial charge in [-0.05, 0) is 54.9 Å². The maximum absolute atomic E-state index is 13.1. The van der Waals surface area contributed by atoms with E-state index in [1.165, 1.54) is 29.2 Å². The molecule has 2 aliphatic heterocycles. The first-order valence-corrected chi connectivity index (χ1v) is 10.8. The Morgan fingerprint density at radius 2 is 1.84 bits per heavy atom. The van der Waals surface area contributed by atoms with Crippen molar-refractivity contribution < 1.29 is 18.7 Å². The monoisotopic (exact) mass is 445 g/mol. The number of hydrogen-bond acceptors (Lipinski definition) is 4. The third-order valence-corrected chi connectivity index (χ3v) is 6.36. The first kappa shape index (κ1) is 21.6. The highest BCUT2D eigenvalue weighted by Crippen LogP contribution is 2.33. The lowest BCUT2D eigenvalue weighted by atomic mass is 9.93. The molecule has 1 N–H and O–H groups in total. The maximum atomic E-state index is 13.1. The van der Waals surface area contributed by atoms with Crippen molar-refractivity contribution in [2.24, 2.45) is 5.92 Å². The fourth-order valence-electron chi connectivity index (χ4n) is 4.33. The number of rotatable bonds is 4. The minimum absolute atomic E-state index is 0.0268. The van der Waals surface area contributed by atoms with Crippen molar-refractivity contribution in [2.45, 2.75) is 18.4 Å². The molecule has 31 heavy (non-hydrogen) atoms. The quantitative estimate of drug-likeness (QED) is 0.782. The summed E-state index contributed by atoms with van der Waals surface area (Å²) in [5, 5.41) is 3.87. The number of carbonyl (C=O) groups is 2. The summed E-state index contributed by atoms with van der Waals surface area (Å²) in [7, 11) is 1.67. The summed E-state index contributed by atoms with van der Waals surface area (Å²) in [6.45, 7) is 2.49. The number of halogens is 2. The van der Waals surface area contributed by atoms with Crippen LogP contribution in [-0.2, 0) is 4.79 Å². The van der Waals surface area contributed by atoms with Gasteiger partial charge in [0, 0.05) is 37.6 Å². The molecule has 2 saturated heterocycles. The number of ether oxygens (including phenoxy) is 1. The van der Waals surface area contributed by atoms with E-state index in [1.807, 2.05) is 29.2 Å². The molecule has 4 rings (SSSR count). The third kappa shape index (κ3) is 4.83. The molecule has 0 aromatic heterocycles. The van der Waals surface area contributed by atoms with Crippen LogP contribution in [0.25, 0.3) is 0 Å². The van der Waals surface area contributed by atoms with Gasteiger partial charge in [0.1, 0.15) is 11.6 Å². The lowest BCUT2D eigenvalue weighted by Gasteiger charge is -2.28. The molecular formula is C23H25ClFN3O3. The van der Waals surface area contributed by atoms with Crippen LogP contribution in [0.1, 0.15) is 17.9 Å². The Balaban J connectivity index is 1.53. The Morgan fingerprint density at radius 1 is 1.13 bits per heavy atom. The number of benzene rings is 2. The van der Waals surface area contributed by atoms with Gasteiger partial charge in [0.15, 0.2) is 0 Å². The zero-order chi connectivity index (χ0) is 22.0. The molecule has 0 aliphatic carbocycles. The van der Waals surface area contributed by atoms with Gasteiger partial charge >= 0.3 is 6.09 Å². The number of hydrogen-bond donors (Lipinski definition) is 1. The topological polar surface area (TPSA) is 61.9 Å². The van der Waals surface area contributed by atoms with E-state index in [1.54, 1.807) is 7.05 Å². The fourth-order valence-corrected chi connectivity index (χ4v) is 4.46. The molecule has 2 aliphatic rings. The number of likely N-dealkylation sites (tertiary alicyclic amines) is 1. The second-order valence-electron chi connectivity index (χ2n) is 8.09. The highest BCUT2D eigenvalue weighted by atomic mass is 35.5. The van der Waals surface area contributed by atoms with Crippen LogP contribution >= 0.6 is 11.6 Å². The van der Waals surface area contributed by atoms with E-state index >= 15 is 0 Å². The van der Waals surface area contributed by atoms with Crippen molar-refractivity contribution in [3.05, 3.63) is 64.9 Å². The number of amides is 2. The van der Waals surface area contributed by atoms with E-state index in [-0.39, 0.29) is 29.5 Å². The Bertz CT molecular complexity index is 932. The van der Waals surface area contributed by atoms with E-state index in [2.05, 4.69) is 5.32 Å². The van der Waals surface area contributed by atoms with Crippen molar-refractivity contribution in [2.75, 3.05) is 33.2 Å². The molecule has 3 atom stereocenters. The fraction of sp³-hybridized carbons (Fsp3) is 0.391. The van der Waals surface area contributed by atoms with Crippen LogP contribution in [0, 0.1) is 11.7 Å². The lowest BCUT2D eigenvalue weighted by Crippen LogP contribution is -2.44. The van der Waals surface area contributed by atoms with E-state index in [9.17, 15) is 14.0 Å². The maximum Gasteiger partial charge on any atom is 0.415 e. The molecule has 0 saturated carbocycles. The summed E-state index contributed by atoms with van der Waals surface area (Å²) in [4.78, 5) is 29.2. The highest BCUT2D eigenvalue weighted by molar-refractivity contribution is 6.30. The largest absolute Gasteiger partial charge is 0.415 e. The molecule has 2 aromatic rings. The number of nitrogens with one attached hydrogen (secondary N) is 1. The smallest absolute Gasteiger partial charge is 0.410 e. The predicted octanol–water partition coefficient (Wildman–Crippen LogP) is 3.51. The molecule has 0 radical (unpaired) electrons. The van der Waals surface area contributed by atoms with Crippen LogP contribution < -0.4 is 10.1 Å². The minimum atomic E-state index is -0.549. The Morgan fingerprint density at radius 3 is 2.48 bits per heavy atom. The van der Waals surface area contributed by atoms with Crippen molar-refractivity contribution in [3.8, 4) is 5.75 Å². The summed E-state index contributed by atoms with van der Waals surface area (Å²) in [6.07, 6.45) is 0.279. The average molecular weight is 446 g/mol. The highest BCUT2D eigenvalue weighted by Gasteiger charge is 2.42. The van der Waals surface area contributed by atoms with Crippen LogP contribution in [0.4, 0.5) is 9.18 Å². The second kappa shape index (κ2) is 9.24. The molecule has 3 unspecified atom stereocenters. The molecular weight excluding hydrogens is 421 g/mol. The molecule has 0 bridgehead atoms. The zero-order valence-corrected chi connectivity index (χ0v) is 18.0. The van der Waals surface area contributed by atoms with Crippen molar-refractivity contribution in [1.82, 2.24) is 15.1 Å². The summed E-state index contributed by atoms with van der Waals surface area (Å²) in [5.74, 6) is -0.110. The molecule has 164 valence electrons. The van der Waals surface area contributed by atoms with Gasteiger partial charge in [-0.25, -0.2) is 9.18 Å². The van der Waals surface area contributed by atoms with Crippen LogP contribution in [0.2, 0.25) is 5.02 Å². The van der Waals surface area contributed by atoms with E-state index in [0.29, 0.717) is 24.7 Å². The molecule has 2 aromatic carbocycles. The van der Waals surface area contributed by atoms with Crippen LogP contribution in [-0.4, -0.2) is 61.1 Å². The van der Waals surface area contributed by atoms with E-state index < -0.39 is 11.9 Å². The summed E-state index contributed by atoms with van der Waals surface area (Å²) < 4.78 is 18.6. The zero-order valence-electron chi connectivity index (χ0n) is 17.3. The van der Waals surface area contributed by atoms with Gasteiger partial charge in [0.05, 0.1) is 12.0 Å². The summed E-state index contributed by atoms with van der Waals surface area (Å²) in [5.41, 5.74) is 1.01. The van der Waals surface area contributed by atoms with Gasteiger partial charge in [0.2, 0.25) is 5.91 Å². The Kier molecular flexibility index (Phi) is 6.43. The van der Waals surface area contributed by atoms with Crippen LogP contribution in [0.5, 0.6) is 5.75 Å². The molecule has 2 amide bonds. The van der Waals surface area contributed by atoms with Crippen molar-refractivity contribution in [1.29, 1.82) is 0 Å². The standard InChI is InChI=1S/C23H25ClFN3O3/c1-27(23(30)31-19-8-6-18(25)7-9-19)21-14-28(22(29)16-10-11-26-12-16)13-20(21)15-2-4-17(24)5-3-15/h2-9,16,20-21,26H,10-14H2,1H3. The molecule has 6 nitrogen and oxygen atoms in total. The van der Waals surface area contributed by atoms with Crippen LogP contribution in [0.15, 0.2) is 48.5 Å². The Hall–Kier alpha value is -2.64. The number of carbonyl (C=O) groups excluding carboxylic acids is 2. The predicted molar refractivity (Wildman–Crippen MR) is 116 cm³/mol. The molecule has 2 fully saturated rings. The first-order valence-electron chi connectivity index (χ1n) is 10.4. The Labute approximate surface area is 185 Å². The van der Waals surface area contributed by atoms with Crippen molar-refractivity contribution in [3.63, 3.8) is 0 Å². The van der Waals surface area contributed by atoms with Gasteiger partial charge in [-0.15, -0.1) is 0 Å². The summed E-state index contributed by atoms with van der Waals surface area (Å²) >= 11 is 6.05. The van der Waals surface area contributed by atoms with Gasteiger partial charge in [-0.3, -0.25) is 4.79 Å². The normalized spacial score (nSPS) is 23.1. The van der Waals surface area contributed by atoms with E-state index in [0.717, 1.165) is 18.5 Å². The van der Waals surface area contributed by atoms with E-state index in [4.69, 9.17) is 16.3 Å². The molecule has 8 heteroatoms. The summed E-state index contributed by atoms with van der Waals surface area (Å²) in [6, 6.07) is 12.5. The van der Waals surface area contributed by atoms with Crippen molar-refractivity contribution >= 4 is 23.6 Å². The average Bonchev–Trinajstić information content (AvgIpc) is 3.45. The van der Waals surface area contributed by atoms with Crippen LogP contribution in [0.3, 0.4) is 0 Å². The van der Waals surface area contributed by atoms with Gasteiger partial charge in [0.25, 0.3) is 0 Å². The third-order valence-electron chi connectivity index (χ3n) is 6.11. The first-order chi connectivity index (χ1) is 14.9. The van der Waals surface area contributed by atoms with Gasteiger partial charge < -0.3 is 19.9 Å². The number of likely N-dealkylation sites (N-methyl/N-ethyl adjacent to an activating group) is 1. The molecule has 0 spiro atoms.